The van der Waals surface area contributed by atoms with Crippen molar-refractivity contribution in [1.82, 2.24) is 15.0 Å². The van der Waals surface area contributed by atoms with E-state index < -0.39 is 0 Å². The van der Waals surface area contributed by atoms with E-state index in [4.69, 9.17) is 17.3 Å². The average Bonchev–Trinajstić information content (AvgIpc) is 2.47. The topological polar surface area (TPSA) is 76.7 Å². The summed E-state index contributed by atoms with van der Waals surface area (Å²) in [5.74, 6) is 0.882. The Morgan fingerprint density at radius 3 is 2.81 bits per heavy atom. The molecule has 3 N–H and O–H groups in total. The molecule has 0 saturated carbocycles. The highest BCUT2D eigenvalue weighted by atomic mass is 35.5. The zero-order chi connectivity index (χ0) is 14.8. The highest BCUT2D eigenvalue weighted by Crippen LogP contribution is 2.26. The van der Waals surface area contributed by atoms with Gasteiger partial charge in [-0.2, -0.15) is 4.98 Å². The molecule has 0 spiro atoms. The first-order valence-electron chi connectivity index (χ1n) is 6.54. The molecular formula is C15H14ClN5. The molecule has 1 aromatic carbocycles. The van der Waals surface area contributed by atoms with Crippen LogP contribution in [0.15, 0.2) is 42.6 Å². The predicted molar refractivity (Wildman–Crippen MR) is 85.2 cm³/mol. The molecule has 3 aromatic rings. The van der Waals surface area contributed by atoms with Gasteiger partial charge in [0, 0.05) is 16.6 Å². The quantitative estimate of drug-likeness (QED) is 0.775. The van der Waals surface area contributed by atoms with E-state index >= 15 is 0 Å². The standard InChI is InChI=1S/C15H14ClN5/c1-9(12-4-2-3-7-18-12)19-14-11-6-5-10(16)8-13(11)20-15(17)21-14/h2-9H,1H3,(H3,17,19,20,21)/t9-/m1/s1. The number of anilines is 2. The molecule has 3 rings (SSSR count). The lowest BCUT2D eigenvalue weighted by Crippen LogP contribution is -2.11. The van der Waals surface area contributed by atoms with Gasteiger partial charge >= 0.3 is 0 Å². The molecule has 0 aliphatic carbocycles. The summed E-state index contributed by atoms with van der Waals surface area (Å²) in [4.78, 5) is 12.8. The number of fused-ring (bicyclic) bond motifs is 1. The second-order valence-electron chi connectivity index (χ2n) is 4.71. The summed E-state index contributed by atoms with van der Waals surface area (Å²) < 4.78 is 0. The number of nitrogens with zero attached hydrogens (tertiary/aromatic N) is 3. The van der Waals surface area contributed by atoms with E-state index in [1.807, 2.05) is 31.2 Å². The van der Waals surface area contributed by atoms with Crippen molar-refractivity contribution >= 4 is 34.3 Å². The SMILES string of the molecule is C[C@@H](Nc1nc(N)nc2cc(Cl)ccc12)c1ccccn1. The molecule has 1 atom stereocenters. The minimum absolute atomic E-state index is 0.000576. The Morgan fingerprint density at radius 1 is 1.19 bits per heavy atom. The van der Waals surface area contributed by atoms with Crippen molar-refractivity contribution in [3.63, 3.8) is 0 Å². The summed E-state index contributed by atoms with van der Waals surface area (Å²) in [6.45, 7) is 2.02. The molecule has 2 aromatic heterocycles. The van der Waals surface area contributed by atoms with Gasteiger partial charge in [-0.05, 0) is 37.3 Å². The first-order valence-corrected chi connectivity index (χ1v) is 6.91. The Balaban J connectivity index is 2.00. The fourth-order valence-electron chi connectivity index (χ4n) is 2.14. The number of nitrogen functional groups attached to an aromatic ring is 1. The first-order chi connectivity index (χ1) is 10.1. The van der Waals surface area contributed by atoms with Gasteiger partial charge < -0.3 is 11.1 Å². The molecule has 0 radical (unpaired) electrons. The van der Waals surface area contributed by atoms with Crippen molar-refractivity contribution in [3.05, 3.63) is 53.3 Å². The lowest BCUT2D eigenvalue weighted by molar-refractivity contribution is 0.833. The monoisotopic (exact) mass is 299 g/mol. The van der Waals surface area contributed by atoms with Gasteiger partial charge in [-0.3, -0.25) is 4.98 Å². The van der Waals surface area contributed by atoms with Gasteiger partial charge in [0.25, 0.3) is 0 Å². The lowest BCUT2D eigenvalue weighted by Gasteiger charge is -2.15. The van der Waals surface area contributed by atoms with E-state index in [0.717, 1.165) is 11.1 Å². The molecule has 0 saturated heterocycles. The zero-order valence-electron chi connectivity index (χ0n) is 11.4. The largest absolute Gasteiger partial charge is 0.368 e. The smallest absolute Gasteiger partial charge is 0.222 e. The van der Waals surface area contributed by atoms with Gasteiger partial charge in [0.05, 0.1) is 17.3 Å². The number of benzene rings is 1. The van der Waals surface area contributed by atoms with Gasteiger partial charge in [0.1, 0.15) is 5.82 Å². The van der Waals surface area contributed by atoms with E-state index in [0.29, 0.717) is 16.4 Å². The zero-order valence-corrected chi connectivity index (χ0v) is 12.2. The van der Waals surface area contributed by atoms with Gasteiger partial charge in [-0.25, -0.2) is 4.98 Å². The molecule has 5 nitrogen and oxygen atoms in total. The van der Waals surface area contributed by atoms with E-state index in [1.165, 1.54) is 0 Å². The van der Waals surface area contributed by atoms with Crippen LogP contribution < -0.4 is 11.1 Å². The fraction of sp³-hybridized carbons (Fsp3) is 0.133. The number of nitrogens with one attached hydrogen (secondary N) is 1. The predicted octanol–water partition coefficient (Wildman–Crippen LogP) is 3.43. The van der Waals surface area contributed by atoms with E-state index in [2.05, 4.69) is 20.3 Å². The maximum atomic E-state index is 5.99. The molecule has 6 heteroatoms. The van der Waals surface area contributed by atoms with Crippen LogP contribution in [0.4, 0.5) is 11.8 Å². The van der Waals surface area contributed by atoms with Crippen molar-refractivity contribution in [3.8, 4) is 0 Å². The van der Waals surface area contributed by atoms with Crippen LogP contribution in [-0.2, 0) is 0 Å². The van der Waals surface area contributed by atoms with Crippen molar-refractivity contribution in [2.75, 3.05) is 11.1 Å². The summed E-state index contributed by atoms with van der Waals surface area (Å²) >= 11 is 5.99. The number of rotatable bonds is 3. The molecule has 0 fully saturated rings. The second kappa shape index (κ2) is 5.54. The van der Waals surface area contributed by atoms with Crippen LogP contribution in [0.2, 0.25) is 5.02 Å². The van der Waals surface area contributed by atoms with Crippen molar-refractivity contribution in [1.29, 1.82) is 0 Å². The highest BCUT2D eigenvalue weighted by Gasteiger charge is 2.11. The van der Waals surface area contributed by atoms with Gasteiger partial charge in [-0.15, -0.1) is 0 Å². The third kappa shape index (κ3) is 2.87. The minimum atomic E-state index is -0.000576. The second-order valence-corrected chi connectivity index (χ2v) is 5.15. The fourth-order valence-corrected chi connectivity index (χ4v) is 2.31. The Morgan fingerprint density at radius 2 is 2.05 bits per heavy atom. The van der Waals surface area contributed by atoms with Crippen LogP contribution in [0.25, 0.3) is 10.9 Å². The van der Waals surface area contributed by atoms with E-state index in [-0.39, 0.29) is 12.0 Å². The Hall–Kier alpha value is -2.40. The van der Waals surface area contributed by atoms with Gasteiger partial charge in [-0.1, -0.05) is 17.7 Å². The van der Waals surface area contributed by atoms with Gasteiger partial charge in [0.15, 0.2) is 0 Å². The lowest BCUT2D eigenvalue weighted by atomic mass is 10.2. The van der Waals surface area contributed by atoms with E-state index in [1.54, 1.807) is 18.3 Å². The van der Waals surface area contributed by atoms with Crippen LogP contribution in [0.3, 0.4) is 0 Å². The number of aromatic nitrogens is 3. The van der Waals surface area contributed by atoms with Crippen molar-refractivity contribution in [2.45, 2.75) is 13.0 Å². The van der Waals surface area contributed by atoms with Crippen LogP contribution in [-0.4, -0.2) is 15.0 Å². The summed E-state index contributed by atoms with van der Waals surface area (Å²) in [5, 5.41) is 4.81. The van der Waals surface area contributed by atoms with Crippen LogP contribution in [0, 0.1) is 0 Å². The Kier molecular flexibility index (Phi) is 3.58. The van der Waals surface area contributed by atoms with Crippen molar-refractivity contribution in [2.24, 2.45) is 0 Å². The molecule has 0 unspecified atom stereocenters. The third-order valence-electron chi connectivity index (χ3n) is 3.16. The number of halogens is 1. The number of pyridine rings is 1. The number of nitrogens with two attached hydrogens (primary N) is 1. The van der Waals surface area contributed by atoms with Crippen LogP contribution in [0.1, 0.15) is 18.7 Å². The summed E-state index contributed by atoms with van der Waals surface area (Å²) in [5.41, 5.74) is 7.41. The number of hydrogen-bond donors (Lipinski definition) is 2. The normalized spacial score (nSPS) is 12.3. The first kappa shape index (κ1) is 13.6. The molecular weight excluding hydrogens is 286 g/mol. The highest BCUT2D eigenvalue weighted by molar-refractivity contribution is 6.31. The molecule has 0 bridgehead atoms. The van der Waals surface area contributed by atoms with Gasteiger partial charge in [0.2, 0.25) is 5.95 Å². The maximum Gasteiger partial charge on any atom is 0.222 e. The molecule has 0 aliphatic rings. The molecule has 21 heavy (non-hydrogen) atoms. The van der Waals surface area contributed by atoms with E-state index in [9.17, 15) is 0 Å². The Labute approximate surface area is 127 Å². The van der Waals surface area contributed by atoms with Crippen LogP contribution >= 0.6 is 11.6 Å². The Bertz CT molecular complexity index is 770. The molecule has 106 valence electrons. The summed E-state index contributed by atoms with van der Waals surface area (Å²) in [6.07, 6.45) is 1.76. The molecule has 0 aliphatic heterocycles. The molecule has 2 heterocycles. The summed E-state index contributed by atoms with van der Waals surface area (Å²) in [6, 6.07) is 11.2. The molecule has 0 amide bonds. The third-order valence-corrected chi connectivity index (χ3v) is 3.40. The van der Waals surface area contributed by atoms with Crippen molar-refractivity contribution < 1.29 is 0 Å². The summed E-state index contributed by atoms with van der Waals surface area (Å²) in [7, 11) is 0. The average molecular weight is 300 g/mol. The number of hydrogen-bond acceptors (Lipinski definition) is 5. The van der Waals surface area contributed by atoms with Crippen LogP contribution in [0.5, 0.6) is 0 Å². The maximum absolute atomic E-state index is 5.99. The minimum Gasteiger partial charge on any atom is -0.368 e.